The third-order valence-corrected chi connectivity index (χ3v) is 23.8. The molecule has 0 saturated carbocycles. The Morgan fingerprint density at radius 2 is 0.947 bits per heavy atom. The van der Waals surface area contributed by atoms with Gasteiger partial charge in [0, 0.05) is 176 Å². The zero-order chi connectivity index (χ0) is 78.3. The summed E-state index contributed by atoms with van der Waals surface area (Å²) in [6, 6.07) is 40.1. The SMILES string of the molecule is C.C.CC1CC(C)(C)N(CCCC(=O)CCCC2CCOCC2)c2cc3c(cc21)C1(OC(=O)c2ccccc21)c1ccc(Oc2cc(Cl)c(O)c(Cl)c2)cc1O3.CCOC(=O)CCCN1c2cc3c(cc2C(C)CC1(C)C)C1(OC(=O)c2ccccc21)c1ccc(Oc2cc(Cl)c(O)c(Cl)c2)cc1O3.NCCN1CCOCC1.[Cl-]. The molecule has 4 unspecified atom stereocenters. The minimum absolute atomic E-state index is 0. The number of ketones is 1. The number of benzene rings is 8. The van der Waals surface area contributed by atoms with Gasteiger partial charge in [0.05, 0.1) is 51.0 Å². The van der Waals surface area contributed by atoms with Crippen LogP contribution in [-0.2, 0) is 44.5 Å². The van der Waals surface area contributed by atoms with E-state index in [2.05, 4.69) is 74.4 Å². The van der Waals surface area contributed by atoms with Crippen LogP contribution in [0.3, 0.4) is 0 Å². The van der Waals surface area contributed by atoms with Gasteiger partial charge in [-0.2, -0.15) is 0 Å². The minimum Gasteiger partial charge on any atom is -1.00 e. The van der Waals surface area contributed by atoms with Crippen molar-refractivity contribution in [2.24, 2.45) is 11.7 Å². The van der Waals surface area contributed by atoms with Crippen molar-refractivity contribution in [1.29, 1.82) is 0 Å². The van der Waals surface area contributed by atoms with Crippen molar-refractivity contribution >= 4 is 81.5 Å². The van der Waals surface area contributed by atoms with Crippen LogP contribution >= 0.6 is 46.4 Å². The molecule has 16 rings (SSSR count). The van der Waals surface area contributed by atoms with E-state index in [-0.39, 0.29) is 87.7 Å². The van der Waals surface area contributed by atoms with E-state index in [1.165, 1.54) is 24.3 Å². The van der Waals surface area contributed by atoms with Gasteiger partial charge in [0.2, 0.25) is 0 Å². The van der Waals surface area contributed by atoms with E-state index in [4.69, 9.17) is 94.8 Å². The highest BCUT2D eigenvalue weighted by molar-refractivity contribution is 6.38. The van der Waals surface area contributed by atoms with E-state index in [9.17, 15) is 29.4 Å². The molecule has 8 aliphatic heterocycles. The second-order valence-corrected chi connectivity index (χ2v) is 32.8. The number of carbonyl (C=O) groups excluding carboxylic acids is 4. The van der Waals surface area contributed by atoms with Gasteiger partial charge in [0.15, 0.2) is 22.7 Å². The third kappa shape index (κ3) is 17.2. The zero-order valence-electron chi connectivity index (χ0n) is 64.0. The average Bonchev–Trinajstić information content (AvgIpc) is 1.56. The number of morpholine rings is 1. The lowest BCUT2D eigenvalue weighted by molar-refractivity contribution is -0.143. The highest BCUT2D eigenvalue weighted by Gasteiger charge is 2.57. The monoisotopic (exact) mass is 1650 g/mol. The number of anilines is 2. The Kier molecular flexibility index (Phi) is 27.2. The molecule has 2 fully saturated rings. The molecule has 0 aromatic heterocycles. The van der Waals surface area contributed by atoms with E-state index in [0.717, 1.165) is 149 Å². The van der Waals surface area contributed by atoms with Crippen LogP contribution in [0, 0.1) is 5.92 Å². The van der Waals surface area contributed by atoms with E-state index in [0.29, 0.717) is 119 Å². The number of nitrogens with zero attached hydrogens (tertiary/aromatic N) is 3. The summed E-state index contributed by atoms with van der Waals surface area (Å²) in [5.41, 5.74) is 12.2. The largest absolute Gasteiger partial charge is 1.00 e. The van der Waals surface area contributed by atoms with Gasteiger partial charge in [-0.3, -0.25) is 14.5 Å². The molecule has 608 valence electrons. The molecule has 0 amide bonds. The summed E-state index contributed by atoms with van der Waals surface area (Å²) in [6.45, 7) is 24.3. The Morgan fingerprint density at radius 1 is 0.526 bits per heavy atom. The molecule has 2 spiro atoms. The molecule has 8 aromatic rings. The Labute approximate surface area is 694 Å². The standard InChI is InChI=1S/C44H45Cl2NO7.C38H35Cl2NO7.C6H14N2O.2CH4.ClH/c1-26-25-43(2,3)47(17-7-10-28(48)9-6-8-27-15-18-51-19-16-27)38-24-40-35(23-32(26)38)44(33-12-5-4-11-31(33)42(50)54-44)34-14-13-29(22-39(34)53-40)52-30-20-36(45)41(49)37(46)21-30;1-5-45-34(42)11-8-14-41-31-19-33-28(18-25(31)21(2)20-37(41,3)4)38(26-10-7-6-9-24(26)36(44)48-38)27-13-12-22(17-32(27)47-33)46-23-15-29(39)35(43)30(40)16-23;7-1-2-8-3-5-9-6-4-8;;;/h4-5,11-14,20-24,26-27,49H,6-10,15-19,25H2,1-3H3;6-7,9-10,12-13,15-19,21,43H,5,8,11,14,20H2,1-4H3;1-7H2;2*1H4;1H/p-1. The van der Waals surface area contributed by atoms with Crippen molar-refractivity contribution in [3.05, 3.63) is 209 Å². The van der Waals surface area contributed by atoms with Crippen molar-refractivity contribution in [2.45, 2.75) is 168 Å². The van der Waals surface area contributed by atoms with Crippen molar-refractivity contribution in [3.63, 3.8) is 0 Å². The first-order valence-corrected chi connectivity index (χ1v) is 40.0. The molecule has 8 aromatic carbocycles. The smallest absolute Gasteiger partial charge is 0.340 e. The molecule has 19 nitrogen and oxygen atoms in total. The highest BCUT2D eigenvalue weighted by atomic mass is 35.5. The Bertz CT molecular complexity index is 4840. The Balaban J connectivity index is 0.000000198. The van der Waals surface area contributed by atoms with Crippen LogP contribution in [0.2, 0.25) is 20.1 Å². The predicted molar refractivity (Wildman–Crippen MR) is 442 cm³/mol. The lowest BCUT2D eigenvalue weighted by Gasteiger charge is -2.48. The molecule has 114 heavy (non-hydrogen) atoms. The quantitative estimate of drug-likeness (QED) is 0.0505. The molecular weight excluding hydrogens is 1550 g/mol. The van der Waals surface area contributed by atoms with Gasteiger partial charge in [-0.25, -0.2) is 9.59 Å². The number of nitrogens with two attached hydrogens (primary N) is 1. The number of carbonyl (C=O) groups is 4. The highest BCUT2D eigenvalue weighted by Crippen LogP contribution is 2.62. The van der Waals surface area contributed by atoms with Crippen molar-refractivity contribution < 1.29 is 84.4 Å². The fourth-order valence-corrected chi connectivity index (χ4v) is 18.4. The molecule has 8 heterocycles. The summed E-state index contributed by atoms with van der Waals surface area (Å²) in [5, 5.41) is 20.3. The van der Waals surface area contributed by atoms with Crippen LogP contribution in [0.4, 0.5) is 11.4 Å². The molecule has 2 saturated heterocycles. The van der Waals surface area contributed by atoms with Gasteiger partial charge >= 0.3 is 17.9 Å². The summed E-state index contributed by atoms with van der Waals surface area (Å²) in [6.07, 6.45) is 8.98. The van der Waals surface area contributed by atoms with Crippen LogP contribution in [0.5, 0.6) is 57.5 Å². The second kappa shape index (κ2) is 36.0. The van der Waals surface area contributed by atoms with Gasteiger partial charge in [-0.15, -0.1) is 0 Å². The average molecular weight is 1660 g/mol. The van der Waals surface area contributed by atoms with Gasteiger partial charge in [-0.1, -0.05) is 112 Å². The predicted octanol–water partition coefficient (Wildman–Crippen LogP) is 18.1. The number of esters is 3. The number of ether oxygens (including phenoxy) is 9. The molecule has 4 N–H and O–H groups in total. The fourth-order valence-electron chi connectivity index (χ4n) is 17.5. The van der Waals surface area contributed by atoms with Gasteiger partial charge in [0.1, 0.15) is 51.8 Å². The summed E-state index contributed by atoms with van der Waals surface area (Å²) in [4.78, 5) is 59.4. The summed E-state index contributed by atoms with van der Waals surface area (Å²) < 4.78 is 54.5. The van der Waals surface area contributed by atoms with Crippen LogP contribution in [0.15, 0.2) is 133 Å². The molecule has 0 aliphatic carbocycles. The lowest BCUT2D eigenvalue weighted by atomic mass is 9.74. The molecule has 4 atom stereocenters. The first-order valence-electron chi connectivity index (χ1n) is 38.5. The number of halogens is 5. The topological polar surface area (TPSA) is 228 Å². The van der Waals surface area contributed by atoms with E-state index in [1.807, 2.05) is 61.5 Å². The van der Waals surface area contributed by atoms with Crippen molar-refractivity contribution in [2.75, 3.05) is 82.1 Å². The summed E-state index contributed by atoms with van der Waals surface area (Å²) in [7, 11) is 0. The number of aromatic hydroxyl groups is 2. The first-order chi connectivity index (χ1) is 53.3. The number of fused-ring (bicyclic) bond motifs is 14. The molecule has 24 heteroatoms. The number of hydrogen-bond acceptors (Lipinski definition) is 19. The minimum atomic E-state index is -1.25. The Hall–Kier alpha value is -8.47. The maximum Gasteiger partial charge on any atom is 0.340 e. The van der Waals surface area contributed by atoms with Crippen LogP contribution in [0.25, 0.3) is 0 Å². The molecule has 8 aliphatic rings. The van der Waals surface area contributed by atoms with Crippen LogP contribution in [-0.4, -0.2) is 122 Å². The van der Waals surface area contributed by atoms with Crippen LogP contribution < -0.4 is 46.9 Å². The summed E-state index contributed by atoms with van der Waals surface area (Å²) >= 11 is 24.7. The number of phenols is 2. The zero-order valence-corrected chi connectivity index (χ0v) is 67.8. The number of phenolic OH excluding ortho intramolecular Hbond substituents is 2. The van der Waals surface area contributed by atoms with E-state index in [1.54, 1.807) is 36.4 Å². The molecule has 0 radical (unpaired) electrons. The van der Waals surface area contributed by atoms with Gasteiger partial charge in [0.25, 0.3) is 0 Å². The molecular formula is C90H102Cl5N4O15-. The maximum absolute atomic E-state index is 13.6. The van der Waals surface area contributed by atoms with Gasteiger partial charge < -0.3 is 80.8 Å². The van der Waals surface area contributed by atoms with Gasteiger partial charge in [-0.05, 0) is 163 Å². The third-order valence-electron chi connectivity index (χ3n) is 22.7. The van der Waals surface area contributed by atoms with E-state index < -0.39 is 23.1 Å². The number of Topliss-reactive ketones (excluding diaryl/α,β-unsaturated/α-hetero) is 1. The number of hydrogen-bond donors (Lipinski definition) is 3. The molecule has 0 bridgehead atoms. The van der Waals surface area contributed by atoms with Crippen molar-refractivity contribution in [3.8, 4) is 57.5 Å². The lowest BCUT2D eigenvalue weighted by Crippen LogP contribution is -3.00. The normalized spacial score (nSPS) is 20.1. The Morgan fingerprint density at radius 3 is 1.39 bits per heavy atom. The fraction of sp³-hybridized carbons (Fsp3) is 0.422. The first kappa shape index (κ1) is 86.4. The van der Waals surface area contributed by atoms with E-state index >= 15 is 0 Å². The second-order valence-electron chi connectivity index (χ2n) is 31.1. The van der Waals surface area contributed by atoms with Crippen LogP contribution in [0.1, 0.15) is 211 Å². The number of rotatable bonds is 19. The maximum atomic E-state index is 13.6. The van der Waals surface area contributed by atoms with Crippen molar-refractivity contribution in [1.82, 2.24) is 4.90 Å². The summed E-state index contributed by atoms with van der Waals surface area (Å²) in [5.74, 6) is 3.56.